The van der Waals surface area contributed by atoms with Gasteiger partial charge in [0.2, 0.25) is 0 Å². The largest absolute Gasteiger partial charge is 0.573 e. The van der Waals surface area contributed by atoms with E-state index in [1.54, 1.807) is 19.2 Å². The van der Waals surface area contributed by atoms with Gasteiger partial charge in [-0.15, -0.1) is 13.2 Å². The molecule has 0 unspecified atom stereocenters. The van der Waals surface area contributed by atoms with Gasteiger partial charge >= 0.3 is 6.36 Å². The first-order chi connectivity index (χ1) is 12.8. The fourth-order valence-electron chi connectivity index (χ4n) is 2.27. The Balaban J connectivity index is 2.09. The van der Waals surface area contributed by atoms with E-state index >= 15 is 0 Å². The molecule has 0 saturated heterocycles. The van der Waals surface area contributed by atoms with E-state index in [-0.39, 0.29) is 5.75 Å². The fourth-order valence-corrected chi connectivity index (χ4v) is 3.22. The van der Waals surface area contributed by atoms with Gasteiger partial charge in [-0.2, -0.15) is 0 Å². The Kier molecular flexibility index (Phi) is 7.35. The van der Waals surface area contributed by atoms with Crippen LogP contribution in [0.3, 0.4) is 0 Å². The lowest BCUT2D eigenvalue weighted by molar-refractivity contribution is -0.274. The highest BCUT2D eigenvalue weighted by molar-refractivity contribution is 7.98. The summed E-state index contributed by atoms with van der Waals surface area (Å²) in [7, 11) is 3.75. The highest BCUT2D eigenvalue weighted by atomic mass is 32.2. The maximum absolute atomic E-state index is 12.2. The summed E-state index contributed by atoms with van der Waals surface area (Å²) < 4.78 is 40.5. The molecule has 0 aliphatic heterocycles. The third-order valence-corrected chi connectivity index (χ3v) is 4.61. The molecule has 0 bridgehead atoms. The van der Waals surface area contributed by atoms with Crippen molar-refractivity contribution in [2.75, 3.05) is 30.9 Å². The number of nitrogens with zero attached hydrogens (tertiary/aromatic N) is 3. The van der Waals surface area contributed by atoms with Crippen LogP contribution in [-0.4, -0.2) is 37.0 Å². The molecule has 0 saturated carbocycles. The zero-order chi connectivity index (χ0) is 19.9. The van der Waals surface area contributed by atoms with Crippen LogP contribution in [0.25, 0.3) is 0 Å². The summed E-state index contributed by atoms with van der Waals surface area (Å²) in [6.07, 6.45) is 0.816. The molecule has 0 aliphatic carbocycles. The second kappa shape index (κ2) is 9.50. The minimum Gasteiger partial charge on any atom is -0.406 e. The van der Waals surface area contributed by atoms with Crippen molar-refractivity contribution in [3.63, 3.8) is 0 Å². The van der Waals surface area contributed by atoms with Crippen LogP contribution >= 0.6 is 11.8 Å². The monoisotopic (exact) mass is 398 g/mol. The molecule has 1 N–H and O–H groups in total. The first-order valence-electron chi connectivity index (χ1n) is 8.16. The van der Waals surface area contributed by atoms with Crippen molar-refractivity contribution >= 4 is 23.3 Å². The van der Waals surface area contributed by atoms with E-state index in [0.717, 1.165) is 22.1 Å². The maximum atomic E-state index is 12.2. The van der Waals surface area contributed by atoms with Gasteiger partial charge in [-0.25, -0.2) is 9.97 Å². The molecule has 0 aliphatic rings. The molecule has 0 spiro atoms. The van der Waals surface area contributed by atoms with E-state index in [9.17, 15) is 13.2 Å². The molecule has 0 amide bonds. The van der Waals surface area contributed by atoms with Gasteiger partial charge in [-0.3, -0.25) is 0 Å². The molecule has 0 radical (unpaired) electrons. The van der Waals surface area contributed by atoms with Crippen molar-refractivity contribution in [3.05, 3.63) is 48.3 Å². The highest BCUT2D eigenvalue weighted by Gasteiger charge is 2.30. The smallest absolute Gasteiger partial charge is 0.406 e. The SMILES string of the molecule is C/C=C/CN(C)c1ncnc(SCc2ccc(OC(F)(F)F)cc2)c1NC. The minimum atomic E-state index is -4.69. The van der Waals surface area contributed by atoms with Crippen LogP contribution in [0.15, 0.2) is 47.8 Å². The van der Waals surface area contributed by atoms with E-state index in [1.807, 2.05) is 31.0 Å². The Morgan fingerprint density at radius 3 is 2.52 bits per heavy atom. The van der Waals surface area contributed by atoms with Crippen LogP contribution in [-0.2, 0) is 5.75 Å². The van der Waals surface area contributed by atoms with Crippen LogP contribution in [0.4, 0.5) is 24.7 Å². The summed E-state index contributed by atoms with van der Waals surface area (Å²) >= 11 is 1.48. The fraction of sp³-hybridized carbons (Fsp3) is 0.333. The Morgan fingerprint density at radius 1 is 1.22 bits per heavy atom. The van der Waals surface area contributed by atoms with E-state index in [0.29, 0.717) is 12.3 Å². The molecular weight excluding hydrogens is 377 g/mol. The number of allylic oxidation sites excluding steroid dienone is 1. The molecule has 2 aromatic rings. The summed E-state index contributed by atoms with van der Waals surface area (Å²) in [6, 6.07) is 5.82. The number of hydrogen-bond donors (Lipinski definition) is 1. The molecular formula is C18H21F3N4OS. The van der Waals surface area contributed by atoms with Gasteiger partial charge in [0.05, 0.1) is 0 Å². The summed E-state index contributed by atoms with van der Waals surface area (Å²) in [5, 5.41) is 3.90. The van der Waals surface area contributed by atoms with E-state index in [1.165, 1.54) is 30.2 Å². The maximum Gasteiger partial charge on any atom is 0.573 e. The van der Waals surface area contributed by atoms with Crippen molar-refractivity contribution in [3.8, 4) is 5.75 Å². The number of thioether (sulfide) groups is 1. The number of likely N-dealkylation sites (N-methyl/N-ethyl adjacent to an activating group) is 1. The van der Waals surface area contributed by atoms with Crippen LogP contribution < -0.4 is 15.0 Å². The molecule has 1 aromatic heterocycles. The summed E-state index contributed by atoms with van der Waals surface area (Å²) in [4.78, 5) is 10.7. The van der Waals surface area contributed by atoms with Gasteiger partial charge < -0.3 is 15.0 Å². The predicted octanol–water partition coefficient (Wildman–Crippen LogP) is 4.72. The van der Waals surface area contributed by atoms with Crippen molar-refractivity contribution in [2.24, 2.45) is 0 Å². The standard InChI is InChI=1S/C18H21F3N4OS/c1-4-5-10-25(3)16-15(22-2)17(24-12-23-16)27-11-13-6-8-14(9-7-13)26-18(19,20)21/h4-9,12,22H,10-11H2,1-3H3/b5-4+. The molecule has 1 aromatic carbocycles. The molecule has 5 nitrogen and oxygen atoms in total. The van der Waals surface area contributed by atoms with Crippen molar-refractivity contribution < 1.29 is 17.9 Å². The van der Waals surface area contributed by atoms with Crippen LogP contribution in [0, 0.1) is 0 Å². The third-order valence-electron chi connectivity index (χ3n) is 3.55. The highest BCUT2D eigenvalue weighted by Crippen LogP contribution is 2.33. The lowest BCUT2D eigenvalue weighted by Crippen LogP contribution is -2.20. The number of hydrogen-bond acceptors (Lipinski definition) is 6. The molecule has 27 heavy (non-hydrogen) atoms. The molecule has 1 heterocycles. The van der Waals surface area contributed by atoms with Crippen molar-refractivity contribution in [1.29, 1.82) is 0 Å². The van der Waals surface area contributed by atoms with Gasteiger partial charge in [0.15, 0.2) is 5.82 Å². The lowest BCUT2D eigenvalue weighted by atomic mass is 10.2. The zero-order valence-corrected chi connectivity index (χ0v) is 16.1. The topological polar surface area (TPSA) is 50.3 Å². The molecule has 2 rings (SSSR count). The van der Waals surface area contributed by atoms with Gasteiger partial charge in [0, 0.05) is 26.4 Å². The number of halogens is 3. The van der Waals surface area contributed by atoms with Gasteiger partial charge in [-0.05, 0) is 24.6 Å². The number of benzene rings is 1. The average molecular weight is 398 g/mol. The van der Waals surface area contributed by atoms with Crippen LogP contribution in [0.5, 0.6) is 5.75 Å². The molecule has 9 heteroatoms. The Morgan fingerprint density at radius 2 is 1.93 bits per heavy atom. The first kappa shape index (κ1) is 20.9. The Hall–Kier alpha value is -2.42. The minimum absolute atomic E-state index is 0.234. The van der Waals surface area contributed by atoms with E-state index in [4.69, 9.17) is 0 Å². The number of nitrogens with one attached hydrogen (secondary N) is 1. The molecule has 0 atom stereocenters. The molecule has 146 valence electrons. The zero-order valence-electron chi connectivity index (χ0n) is 15.2. The van der Waals surface area contributed by atoms with Crippen LogP contribution in [0.2, 0.25) is 0 Å². The normalized spacial score (nSPS) is 11.6. The second-order valence-corrected chi connectivity index (χ2v) is 6.52. The average Bonchev–Trinajstić information content (AvgIpc) is 2.63. The number of aromatic nitrogens is 2. The van der Waals surface area contributed by atoms with Crippen molar-refractivity contribution in [2.45, 2.75) is 24.1 Å². The summed E-state index contributed by atoms with van der Waals surface area (Å²) in [5.74, 6) is 1.10. The van der Waals surface area contributed by atoms with Crippen molar-refractivity contribution in [1.82, 2.24) is 9.97 Å². The lowest BCUT2D eigenvalue weighted by Gasteiger charge is -2.20. The molecule has 0 fully saturated rings. The van der Waals surface area contributed by atoms with Gasteiger partial charge in [0.25, 0.3) is 0 Å². The van der Waals surface area contributed by atoms with Crippen LogP contribution in [0.1, 0.15) is 12.5 Å². The van der Waals surface area contributed by atoms with E-state index in [2.05, 4.69) is 20.0 Å². The number of ether oxygens (including phenoxy) is 1. The van der Waals surface area contributed by atoms with Gasteiger partial charge in [0.1, 0.15) is 22.8 Å². The predicted molar refractivity (Wildman–Crippen MR) is 102 cm³/mol. The summed E-state index contributed by atoms with van der Waals surface area (Å²) in [5.41, 5.74) is 1.67. The Bertz CT molecular complexity index is 766. The van der Waals surface area contributed by atoms with Gasteiger partial charge in [-0.1, -0.05) is 36.0 Å². The quantitative estimate of drug-likeness (QED) is 0.394. The number of rotatable bonds is 8. The van der Waals surface area contributed by atoms with E-state index < -0.39 is 6.36 Å². The Labute approximate surface area is 160 Å². The first-order valence-corrected chi connectivity index (χ1v) is 9.15. The second-order valence-electron chi connectivity index (χ2n) is 5.56. The third kappa shape index (κ3) is 6.35. The number of alkyl halides is 3. The number of anilines is 2. The summed E-state index contributed by atoms with van der Waals surface area (Å²) in [6.45, 7) is 2.67.